The molecule has 0 atom stereocenters. The smallest absolute Gasteiger partial charge is 0.256 e. The van der Waals surface area contributed by atoms with E-state index in [4.69, 9.17) is 4.42 Å². The summed E-state index contributed by atoms with van der Waals surface area (Å²) in [5.74, 6) is 0. The molecule has 0 unspecified atom stereocenters. The molecule has 0 amide bonds. The molecule has 0 fully saturated rings. The van der Waals surface area contributed by atoms with Crippen LogP contribution in [0.5, 0.6) is 0 Å². The molecular formula is C5H7NOS2. The fourth-order valence-electron chi connectivity index (χ4n) is 0.433. The molecule has 4 heteroatoms. The molecule has 0 aliphatic rings. The second-order valence-electron chi connectivity index (χ2n) is 1.35. The van der Waals surface area contributed by atoms with Gasteiger partial charge >= 0.3 is 0 Å². The van der Waals surface area contributed by atoms with Gasteiger partial charge in [0.15, 0.2) is 5.09 Å². The van der Waals surface area contributed by atoms with Gasteiger partial charge in [-0.2, -0.15) is 0 Å². The fraction of sp³-hybridized carbons (Fsp3) is 0.400. The molecule has 0 saturated carbocycles. The molecular weight excluding hydrogens is 154 g/mol. The summed E-state index contributed by atoms with van der Waals surface area (Å²) in [5.41, 5.74) is 0. The van der Waals surface area contributed by atoms with E-state index in [1.54, 1.807) is 18.0 Å². The second-order valence-corrected chi connectivity index (χ2v) is 2.92. The molecule has 2 nitrogen and oxygen atoms in total. The van der Waals surface area contributed by atoms with Gasteiger partial charge in [-0.1, -0.05) is 23.5 Å². The summed E-state index contributed by atoms with van der Waals surface area (Å²) in [4.78, 5) is 3.98. The van der Waals surface area contributed by atoms with Crippen LogP contribution in [0.15, 0.2) is 20.9 Å². The van der Waals surface area contributed by atoms with E-state index in [0.717, 1.165) is 10.3 Å². The van der Waals surface area contributed by atoms with E-state index in [9.17, 15) is 0 Å². The summed E-state index contributed by atoms with van der Waals surface area (Å²) in [5, 5.41) is 1.61. The Morgan fingerprint density at radius 2 is 2.22 bits per heavy atom. The molecule has 0 aliphatic carbocycles. The van der Waals surface area contributed by atoms with Crippen LogP contribution in [-0.2, 0) is 0 Å². The first kappa shape index (κ1) is 7.02. The Bertz CT molecular complexity index is 168. The zero-order valence-electron chi connectivity index (χ0n) is 5.25. The predicted octanol–water partition coefficient (Wildman–Crippen LogP) is 2.12. The molecule has 0 aliphatic heterocycles. The van der Waals surface area contributed by atoms with Crippen LogP contribution in [0, 0.1) is 0 Å². The minimum Gasteiger partial charge on any atom is -0.425 e. The molecule has 50 valence electrons. The van der Waals surface area contributed by atoms with Crippen LogP contribution in [0.3, 0.4) is 0 Å². The first-order valence-corrected chi connectivity index (χ1v) is 4.85. The molecule has 0 N–H and O–H groups in total. The summed E-state index contributed by atoms with van der Waals surface area (Å²) in [6.45, 7) is 0. The third kappa shape index (κ3) is 1.66. The average Bonchev–Trinajstić information content (AvgIpc) is 2.34. The van der Waals surface area contributed by atoms with Crippen molar-refractivity contribution < 1.29 is 4.42 Å². The topological polar surface area (TPSA) is 26.0 Å². The summed E-state index contributed by atoms with van der Waals surface area (Å²) in [7, 11) is 0. The van der Waals surface area contributed by atoms with Crippen molar-refractivity contribution >= 4 is 23.5 Å². The second kappa shape index (κ2) is 3.17. The molecule has 0 saturated heterocycles. The van der Waals surface area contributed by atoms with Crippen molar-refractivity contribution in [2.24, 2.45) is 0 Å². The summed E-state index contributed by atoms with van der Waals surface area (Å²) >= 11 is 3.08. The normalized spacial score (nSPS) is 10.0. The van der Waals surface area contributed by atoms with Crippen molar-refractivity contribution in [2.75, 3.05) is 12.5 Å². The maximum absolute atomic E-state index is 5.20. The molecule has 0 aromatic carbocycles. The number of nitrogens with zero attached hydrogens (tertiary/aromatic N) is 1. The summed E-state index contributed by atoms with van der Waals surface area (Å²) in [6, 6.07) is 0. The van der Waals surface area contributed by atoms with Crippen LogP contribution in [0.2, 0.25) is 0 Å². The lowest BCUT2D eigenvalue weighted by atomic mass is 11.0. The highest BCUT2D eigenvalue weighted by atomic mass is 32.2. The quantitative estimate of drug-likeness (QED) is 0.620. The number of hydrogen-bond acceptors (Lipinski definition) is 4. The zero-order valence-corrected chi connectivity index (χ0v) is 6.88. The van der Waals surface area contributed by atoms with Crippen LogP contribution >= 0.6 is 23.5 Å². The van der Waals surface area contributed by atoms with Crippen molar-refractivity contribution in [3.8, 4) is 0 Å². The largest absolute Gasteiger partial charge is 0.425 e. The lowest BCUT2D eigenvalue weighted by molar-refractivity contribution is 0.385. The third-order valence-electron chi connectivity index (χ3n) is 0.839. The zero-order chi connectivity index (χ0) is 6.69. The number of hydrogen-bond donors (Lipinski definition) is 0. The van der Waals surface area contributed by atoms with Gasteiger partial charge in [0.25, 0.3) is 5.22 Å². The number of aromatic nitrogens is 1. The van der Waals surface area contributed by atoms with E-state index >= 15 is 0 Å². The maximum Gasteiger partial charge on any atom is 0.256 e. The van der Waals surface area contributed by atoms with Gasteiger partial charge < -0.3 is 4.42 Å². The number of rotatable bonds is 2. The first-order valence-electron chi connectivity index (χ1n) is 2.40. The van der Waals surface area contributed by atoms with E-state index in [2.05, 4.69) is 4.98 Å². The molecule has 9 heavy (non-hydrogen) atoms. The lowest BCUT2D eigenvalue weighted by Crippen LogP contribution is -1.60. The van der Waals surface area contributed by atoms with Crippen molar-refractivity contribution in [3.05, 3.63) is 6.20 Å². The van der Waals surface area contributed by atoms with Crippen LogP contribution in [0.25, 0.3) is 0 Å². The van der Waals surface area contributed by atoms with Crippen LogP contribution in [0.1, 0.15) is 0 Å². The highest BCUT2D eigenvalue weighted by Crippen LogP contribution is 2.20. The van der Waals surface area contributed by atoms with Crippen LogP contribution in [-0.4, -0.2) is 17.5 Å². The number of thioether (sulfide) groups is 2. The van der Waals surface area contributed by atoms with Gasteiger partial charge in [-0.05, 0) is 12.5 Å². The van der Waals surface area contributed by atoms with Gasteiger partial charge in [-0.3, -0.25) is 0 Å². The average molecular weight is 161 g/mol. The lowest BCUT2D eigenvalue weighted by Gasteiger charge is -1.83. The Balaban J connectivity index is 2.74. The van der Waals surface area contributed by atoms with Crippen molar-refractivity contribution in [1.29, 1.82) is 0 Å². The Morgan fingerprint density at radius 1 is 1.44 bits per heavy atom. The van der Waals surface area contributed by atoms with Gasteiger partial charge in [0, 0.05) is 0 Å². The monoisotopic (exact) mass is 161 g/mol. The molecule has 0 radical (unpaired) electrons. The Hall–Kier alpha value is -0.0900. The van der Waals surface area contributed by atoms with Crippen molar-refractivity contribution in [3.63, 3.8) is 0 Å². The first-order chi connectivity index (χ1) is 4.36. The Labute approximate surface area is 62.4 Å². The molecule has 1 rings (SSSR count). The number of oxazole rings is 1. The Kier molecular flexibility index (Phi) is 2.48. The molecule has 0 spiro atoms. The molecule has 1 aromatic heterocycles. The van der Waals surface area contributed by atoms with E-state index < -0.39 is 0 Å². The van der Waals surface area contributed by atoms with Gasteiger partial charge in [0.05, 0.1) is 6.20 Å². The third-order valence-corrected chi connectivity index (χ3v) is 1.97. The van der Waals surface area contributed by atoms with Crippen molar-refractivity contribution in [1.82, 2.24) is 4.98 Å². The van der Waals surface area contributed by atoms with Crippen LogP contribution < -0.4 is 0 Å². The van der Waals surface area contributed by atoms with E-state index in [1.165, 1.54) is 11.8 Å². The van der Waals surface area contributed by atoms with E-state index in [-0.39, 0.29) is 0 Å². The minimum absolute atomic E-state index is 0.736. The van der Waals surface area contributed by atoms with Crippen LogP contribution in [0.4, 0.5) is 0 Å². The highest BCUT2D eigenvalue weighted by Gasteiger charge is 1.98. The Morgan fingerprint density at radius 3 is 2.56 bits per heavy atom. The molecule has 1 heterocycles. The van der Waals surface area contributed by atoms with Crippen molar-refractivity contribution in [2.45, 2.75) is 10.3 Å². The summed E-state index contributed by atoms with van der Waals surface area (Å²) in [6.07, 6.45) is 5.64. The van der Waals surface area contributed by atoms with E-state index in [0.29, 0.717) is 0 Å². The molecule has 0 bridgehead atoms. The predicted molar refractivity (Wildman–Crippen MR) is 40.1 cm³/mol. The van der Waals surface area contributed by atoms with Gasteiger partial charge in [0.1, 0.15) is 0 Å². The SMILES string of the molecule is CSc1cnc(SC)o1. The maximum atomic E-state index is 5.20. The minimum atomic E-state index is 0.736. The standard InChI is InChI=1S/C5H7NOS2/c1-8-4-3-6-5(7-4)9-2/h3H,1-2H3. The molecule has 1 aromatic rings. The fourth-order valence-corrected chi connectivity index (χ4v) is 1.14. The van der Waals surface area contributed by atoms with E-state index in [1.807, 2.05) is 12.5 Å². The highest BCUT2D eigenvalue weighted by molar-refractivity contribution is 7.99. The van der Waals surface area contributed by atoms with Gasteiger partial charge in [-0.25, -0.2) is 4.98 Å². The van der Waals surface area contributed by atoms with Gasteiger partial charge in [0.2, 0.25) is 0 Å². The summed E-state index contributed by atoms with van der Waals surface area (Å²) < 4.78 is 5.20. The van der Waals surface area contributed by atoms with Gasteiger partial charge in [-0.15, -0.1) is 0 Å².